The molecule has 0 spiro atoms. The zero-order valence-corrected chi connectivity index (χ0v) is 12.9. The number of hydrogen-bond donors (Lipinski definition) is 2. The van der Waals surface area contributed by atoms with Crippen LogP contribution in [0.1, 0.15) is 12.8 Å². The van der Waals surface area contributed by atoms with Crippen molar-refractivity contribution in [3.63, 3.8) is 0 Å². The van der Waals surface area contributed by atoms with Gasteiger partial charge in [0.1, 0.15) is 11.5 Å². The highest BCUT2D eigenvalue weighted by molar-refractivity contribution is 5.97. The number of carboxylic acid groups (broad SMARTS) is 1. The topological polar surface area (TPSA) is 94.1 Å². The average molecular weight is 321 g/mol. The molecular weight excluding hydrogens is 302 g/mol. The van der Waals surface area contributed by atoms with Crippen molar-refractivity contribution in [1.29, 1.82) is 0 Å². The number of aliphatic carboxylic acids is 1. The van der Waals surface area contributed by atoms with Crippen LogP contribution in [-0.4, -0.2) is 43.4 Å². The fourth-order valence-electron chi connectivity index (χ4n) is 3.45. The minimum absolute atomic E-state index is 0.335. The van der Waals surface area contributed by atoms with E-state index >= 15 is 0 Å². The Morgan fingerprint density at radius 2 is 1.87 bits per heavy atom. The molecule has 124 valence electrons. The molecule has 0 radical (unpaired) electrons. The lowest BCUT2D eigenvalue weighted by Gasteiger charge is -2.24. The second-order valence-electron chi connectivity index (χ2n) is 5.74. The van der Waals surface area contributed by atoms with E-state index in [2.05, 4.69) is 5.32 Å². The van der Waals surface area contributed by atoms with Gasteiger partial charge in [-0.1, -0.05) is 0 Å². The molecule has 1 aromatic rings. The van der Waals surface area contributed by atoms with Gasteiger partial charge in [-0.05, 0) is 25.0 Å². The number of carbonyl (C=O) groups is 2. The molecular formula is C16H19NO6. The predicted molar refractivity (Wildman–Crippen MR) is 80.7 cm³/mol. The van der Waals surface area contributed by atoms with Crippen LogP contribution in [0.25, 0.3) is 0 Å². The first-order valence-electron chi connectivity index (χ1n) is 7.46. The fraction of sp³-hybridized carbons (Fsp3) is 0.500. The molecule has 2 aliphatic heterocycles. The normalized spacial score (nSPS) is 28.4. The van der Waals surface area contributed by atoms with E-state index in [1.165, 1.54) is 14.2 Å². The number of methoxy groups -OCH3 is 2. The van der Waals surface area contributed by atoms with Crippen LogP contribution in [0.3, 0.4) is 0 Å². The SMILES string of the molecule is COc1ccc(OC)c(NC(=O)[C@H]2[C@@H](C(=O)O)[C@@H]3CC[C@H]2O3)c1. The summed E-state index contributed by atoms with van der Waals surface area (Å²) < 4.78 is 16.0. The predicted octanol–water partition coefficient (Wildman–Crippen LogP) is 1.52. The Balaban J connectivity index is 1.83. The Kier molecular flexibility index (Phi) is 4.12. The molecule has 0 saturated carbocycles. The van der Waals surface area contributed by atoms with Crippen LogP contribution in [0.2, 0.25) is 0 Å². The van der Waals surface area contributed by atoms with Gasteiger partial charge in [-0.25, -0.2) is 0 Å². The molecule has 23 heavy (non-hydrogen) atoms. The van der Waals surface area contributed by atoms with Gasteiger partial charge in [0.25, 0.3) is 0 Å². The third kappa shape index (κ3) is 2.72. The van der Waals surface area contributed by atoms with Crippen LogP contribution in [0.4, 0.5) is 5.69 Å². The van der Waals surface area contributed by atoms with Gasteiger partial charge in [0.05, 0.1) is 44.0 Å². The molecule has 3 rings (SSSR count). The largest absolute Gasteiger partial charge is 0.497 e. The Morgan fingerprint density at radius 1 is 1.17 bits per heavy atom. The van der Waals surface area contributed by atoms with Gasteiger partial charge in [0.2, 0.25) is 5.91 Å². The van der Waals surface area contributed by atoms with Gasteiger partial charge in [-0.3, -0.25) is 9.59 Å². The van der Waals surface area contributed by atoms with Crippen LogP contribution < -0.4 is 14.8 Å². The number of carboxylic acids is 1. The zero-order valence-electron chi connectivity index (χ0n) is 12.9. The molecule has 1 amide bonds. The summed E-state index contributed by atoms with van der Waals surface area (Å²) in [5.41, 5.74) is 0.448. The minimum atomic E-state index is -0.991. The minimum Gasteiger partial charge on any atom is -0.497 e. The molecule has 2 heterocycles. The number of rotatable bonds is 5. The molecule has 7 heteroatoms. The standard InChI is InChI=1S/C16H19NO6/c1-21-8-3-4-10(22-2)9(7-8)17-15(18)13-11-5-6-12(23-11)14(13)16(19)20/h3-4,7,11-14H,5-6H2,1-2H3,(H,17,18)(H,19,20)/t11-,12+,13-,14+/m1/s1. The third-order valence-corrected chi connectivity index (χ3v) is 4.53. The summed E-state index contributed by atoms with van der Waals surface area (Å²) in [5, 5.41) is 12.2. The van der Waals surface area contributed by atoms with Crippen molar-refractivity contribution in [2.45, 2.75) is 25.0 Å². The molecule has 1 aromatic carbocycles. The highest BCUT2D eigenvalue weighted by atomic mass is 16.5. The number of anilines is 1. The molecule has 2 bridgehead atoms. The quantitative estimate of drug-likeness (QED) is 0.854. The lowest BCUT2D eigenvalue weighted by molar-refractivity contribution is -0.147. The monoisotopic (exact) mass is 321 g/mol. The van der Waals surface area contributed by atoms with Crippen molar-refractivity contribution in [2.75, 3.05) is 19.5 Å². The van der Waals surface area contributed by atoms with Gasteiger partial charge in [-0.2, -0.15) is 0 Å². The van der Waals surface area contributed by atoms with Crippen LogP contribution in [0.15, 0.2) is 18.2 Å². The van der Waals surface area contributed by atoms with E-state index in [0.717, 1.165) is 0 Å². The number of benzene rings is 1. The van der Waals surface area contributed by atoms with E-state index in [9.17, 15) is 14.7 Å². The number of carbonyl (C=O) groups excluding carboxylic acids is 1. The van der Waals surface area contributed by atoms with E-state index in [4.69, 9.17) is 14.2 Å². The maximum absolute atomic E-state index is 12.6. The molecule has 0 aliphatic carbocycles. The van der Waals surface area contributed by atoms with Crippen LogP contribution in [-0.2, 0) is 14.3 Å². The summed E-state index contributed by atoms with van der Waals surface area (Å²) in [6.45, 7) is 0. The summed E-state index contributed by atoms with van der Waals surface area (Å²) in [5.74, 6) is -1.80. The van der Waals surface area contributed by atoms with Crippen molar-refractivity contribution in [3.8, 4) is 11.5 Å². The van der Waals surface area contributed by atoms with E-state index in [1.807, 2.05) is 0 Å². The van der Waals surface area contributed by atoms with Gasteiger partial charge in [0, 0.05) is 6.07 Å². The van der Waals surface area contributed by atoms with E-state index in [1.54, 1.807) is 18.2 Å². The van der Waals surface area contributed by atoms with E-state index in [0.29, 0.717) is 30.0 Å². The number of fused-ring (bicyclic) bond motifs is 2. The van der Waals surface area contributed by atoms with E-state index < -0.39 is 17.8 Å². The summed E-state index contributed by atoms with van der Waals surface area (Å²) in [6.07, 6.45) is 0.688. The Labute approximate surface area is 133 Å². The lowest BCUT2D eigenvalue weighted by atomic mass is 9.78. The van der Waals surface area contributed by atoms with E-state index in [-0.39, 0.29) is 18.1 Å². The molecule has 0 unspecified atom stereocenters. The number of nitrogens with one attached hydrogen (secondary N) is 1. The second-order valence-corrected chi connectivity index (χ2v) is 5.74. The number of amides is 1. The smallest absolute Gasteiger partial charge is 0.310 e. The zero-order chi connectivity index (χ0) is 16.6. The first-order chi connectivity index (χ1) is 11.0. The molecule has 4 atom stereocenters. The Hall–Kier alpha value is -2.28. The van der Waals surface area contributed by atoms with Crippen molar-refractivity contribution < 1.29 is 28.9 Å². The molecule has 2 fully saturated rings. The van der Waals surface area contributed by atoms with Gasteiger partial charge in [0.15, 0.2) is 0 Å². The van der Waals surface area contributed by atoms with Gasteiger partial charge < -0.3 is 24.6 Å². The van der Waals surface area contributed by atoms with Crippen molar-refractivity contribution in [1.82, 2.24) is 0 Å². The summed E-state index contributed by atoms with van der Waals surface area (Å²) in [7, 11) is 3.02. The first kappa shape index (κ1) is 15.6. The maximum Gasteiger partial charge on any atom is 0.310 e. The molecule has 2 saturated heterocycles. The second kappa shape index (κ2) is 6.08. The average Bonchev–Trinajstić information content (AvgIpc) is 3.15. The number of ether oxygens (including phenoxy) is 3. The Morgan fingerprint density at radius 3 is 2.48 bits per heavy atom. The Bertz CT molecular complexity index is 631. The lowest BCUT2D eigenvalue weighted by Crippen LogP contribution is -2.41. The van der Waals surface area contributed by atoms with Crippen LogP contribution >= 0.6 is 0 Å². The molecule has 7 nitrogen and oxygen atoms in total. The molecule has 0 aromatic heterocycles. The van der Waals surface area contributed by atoms with Crippen molar-refractivity contribution >= 4 is 17.6 Å². The number of hydrogen-bond acceptors (Lipinski definition) is 5. The van der Waals surface area contributed by atoms with Crippen molar-refractivity contribution in [3.05, 3.63) is 18.2 Å². The summed E-state index contributed by atoms with van der Waals surface area (Å²) in [6, 6.07) is 5.04. The molecule has 2 N–H and O–H groups in total. The maximum atomic E-state index is 12.6. The highest BCUT2D eigenvalue weighted by Gasteiger charge is 2.55. The third-order valence-electron chi connectivity index (χ3n) is 4.53. The fourth-order valence-corrected chi connectivity index (χ4v) is 3.45. The van der Waals surface area contributed by atoms with Crippen LogP contribution in [0.5, 0.6) is 11.5 Å². The van der Waals surface area contributed by atoms with Crippen LogP contribution in [0, 0.1) is 11.8 Å². The first-order valence-corrected chi connectivity index (χ1v) is 7.46. The van der Waals surface area contributed by atoms with Gasteiger partial charge in [-0.15, -0.1) is 0 Å². The summed E-state index contributed by atoms with van der Waals surface area (Å²) >= 11 is 0. The summed E-state index contributed by atoms with van der Waals surface area (Å²) in [4.78, 5) is 24.1. The molecule has 2 aliphatic rings. The highest BCUT2D eigenvalue weighted by Crippen LogP contribution is 2.44. The van der Waals surface area contributed by atoms with Crippen molar-refractivity contribution in [2.24, 2.45) is 11.8 Å². The van der Waals surface area contributed by atoms with Gasteiger partial charge >= 0.3 is 5.97 Å².